The standard InChI is InChI=1S/C19H24N2O3/c22-17(14-1-2-14)20-16-5-3-15(4-6-16)18(23)21-10-7-19(13-21)8-11-24-12-9-19/h3-6,14H,1-2,7-13H2,(H,20,22). The van der Waals surface area contributed by atoms with E-state index in [0.717, 1.165) is 64.1 Å². The normalized spacial score (nSPS) is 22.6. The molecule has 128 valence electrons. The summed E-state index contributed by atoms with van der Waals surface area (Å²) in [5.74, 6) is 0.375. The van der Waals surface area contributed by atoms with E-state index in [1.165, 1.54) is 0 Å². The molecule has 2 saturated heterocycles. The maximum atomic E-state index is 12.7. The fraction of sp³-hybridized carbons (Fsp3) is 0.579. The van der Waals surface area contributed by atoms with E-state index in [4.69, 9.17) is 4.74 Å². The van der Waals surface area contributed by atoms with E-state index in [1.807, 2.05) is 29.2 Å². The van der Waals surface area contributed by atoms with Crippen molar-refractivity contribution in [2.45, 2.75) is 32.1 Å². The third-order valence-electron chi connectivity index (χ3n) is 5.63. The second kappa shape index (κ2) is 6.20. The van der Waals surface area contributed by atoms with Crippen molar-refractivity contribution in [1.82, 2.24) is 4.90 Å². The summed E-state index contributed by atoms with van der Waals surface area (Å²) in [6, 6.07) is 7.29. The molecule has 0 bridgehead atoms. The number of anilines is 1. The number of amides is 2. The second-order valence-corrected chi connectivity index (χ2v) is 7.43. The monoisotopic (exact) mass is 328 g/mol. The summed E-state index contributed by atoms with van der Waals surface area (Å²) >= 11 is 0. The third-order valence-corrected chi connectivity index (χ3v) is 5.63. The van der Waals surface area contributed by atoms with E-state index in [1.54, 1.807) is 0 Å². The van der Waals surface area contributed by atoms with E-state index in [0.29, 0.717) is 5.56 Å². The van der Waals surface area contributed by atoms with Crippen LogP contribution in [0.15, 0.2) is 24.3 Å². The summed E-state index contributed by atoms with van der Waals surface area (Å²) in [7, 11) is 0. The number of ether oxygens (including phenoxy) is 1. The van der Waals surface area contributed by atoms with Crippen LogP contribution in [0.3, 0.4) is 0 Å². The predicted molar refractivity (Wildman–Crippen MR) is 90.8 cm³/mol. The molecule has 1 N–H and O–H groups in total. The van der Waals surface area contributed by atoms with Crippen molar-refractivity contribution < 1.29 is 14.3 Å². The molecule has 4 rings (SSSR count). The smallest absolute Gasteiger partial charge is 0.253 e. The van der Waals surface area contributed by atoms with Gasteiger partial charge in [-0.05, 0) is 61.8 Å². The van der Waals surface area contributed by atoms with Crippen molar-refractivity contribution in [3.63, 3.8) is 0 Å². The van der Waals surface area contributed by atoms with Gasteiger partial charge in [0.15, 0.2) is 0 Å². The number of rotatable bonds is 3. The average molecular weight is 328 g/mol. The van der Waals surface area contributed by atoms with Gasteiger partial charge in [-0.25, -0.2) is 0 Å². The molecule has 3 fully saturated rings. The molecule has 1 spiro atoms. The van der Waals surface area contributed by atoms with Crippen LogP contribution < -0.4 is 5.32 Å². The zero-order valence-corrected chi connectivity index (χ0v) is 13.9. The van der Waals surface area contributed by atoms with Crippen LogP contribution in [0.25, 0.3) is 0 Å². The molecule has 5 heteroatoms. The minimum Gasteiger partial charge on any atom is -0.381 e. The van der Waals surface area contributed by atoms with Crippen molar-refractivity contribution in [3.8, 4) is 0 Å². The highest BCUT2D eigenvalue weighted by Crippen LogP contribution is 2.40. The van der Waals surface area contributed by atoms with Gasteiger partial charge < -0.3 is 15.0 Å². The maximum absolute atomic E-state index is 12.7. The number of likely N-dealkylation sites (tertiary alicyclic amines) is 1. The Balaban J connectivity index is 1.38. The number of hydrogen-bond donors (Lipinski definition) is 1. The van der Waals surface area contributed by atoms with Crippen LogP contribution in [0.1, 0.15) is 42.5 Å². The Morgan fingerprint density at radius 1 is 1.08 bits per heavy atom. The third kappa shape index (κ3) is 3.18. The highest BCUT2D eigenvalue weighted by molar-refractivity contribution is 5.97. The van der Waals surface area contributed by atoms with E-state index >= 15 is 0 Å². The lowest BCUT2D eigenvalue weighted by atomic mass is 9.80. The van der Waals surface area contributed by atoms with Crippen molar-refractivity contribution in [3.05, 3.63) is 29.8 Å². The number of carbonyl (C=O) groups is 2. The molecule has 24 heavy (non-hydrogen) atoms. The molecule has 2 heterocycles. The summed E-state index contributed by atoms with van der Waals surface area (Å²) in [6.07, 6.45) is 5.18. The average Bonchev–Trinajstić information content (AvgIpc) is 3.39. The van der Waals surface area contributed by atoms with E-state index < -0.39 is 0 Å². The number of hydrogen-bond acceptors (Lipinski definition) is 3. The lowest BCUT2D eigenvalue weighted by Gasteiger charge is -2.33. The fourth-order valence-electron chi connectivity index (χ4n) is 3.79. The van der Waals surface area contributed by atoms with Crippen LogP contribution in [-0.2, 0) is 9.53 Å². The molecule has 0 atom stereocenters. The van der Waals surface area contributed by atoms with Crippen molar-refractivity contribution >= 4 is 17.5 Å². The Bertz CT molecular complexity index is 631. The summed E-state index contributed by atoms with van der Waals surface area (Å²) in [6.45, 7) is 3.31. The topological polar surface area (TPSA) is 58.6 Å². The quantitative estimate of drug-likeness (QED) is 0.928. The number of carbonyl (C=O) groups excluding carboxylic acids is 2. The van der Waals surface area contributed by atoms with E-state index in [9.17, 15) is 9.59 Å². The highest BCUT2D eigenvalue weighted by atomic mass is 16.5. The first-order valence-electron chi connectivity index (χ1n) is 8.93. The summed E-state index contributed by atoms with van der Waals surface area (Å²) in [5, 5.41) is 2.91. The number of benzene rings is 1. The van der Waals surface area contributed by atoms with Crippen LogP contribution in [-0.4, -0.2) is 43.0 Å². The number of nitrogens with one attached hydrogen (secondary N) is 1. The first kappa shape index (κ1) is 15.6. The molecule has 1 aliphatic carbocycles. The Morgan fingerprint density at radius 2 is 1.79 bits per heavy atom. The van der Waals surface area contributed by atoms with Crippen LogP contribution in [0.4, 0.5) is 5.69 Å². The minimum atomic E-state index is 0.0927. The Labute approximate surface area is 142 Å². The minimum absolute atomic E-state index is 0.0927. The Kier molecular flexibility index (Phi) is 4.04. The van der Waals surface area contributed by atoms with Crippen LogP contribution in [0, 0.1) is 11.3 Å². The van der Waals surface area contributed by atoms with Gasteiger partial charge in [0.05, 0.1) is 0 Å². The predicted octanol–water partition coefficient (Wildman–Crippen LogP) is 2.68. The van der Waals surface area contributed by atoms with Crippen LogP contribution in [0.5, 0.6) is 0 Å². The van der Waals surface area contributed by atoms with Crippen LogP contribution >= 0.6 is 0 Å². The molecule has 0 aromatic heterocycles. The van der Waals surface area contributed by atoms with Gasteiger partial charge in [-0.2, -0.15) is 0 Å². The van der Waals surface area contributed by atoms with Crippen LogP contribution in [0.2, 0.25) is 0 Å². The van der Waals surface area contributed by atoms with Gasteiger partial charge in [0.25, 0.3) is 5.91 Å². The summed E-state index contributed by atoms with van der Waals surface area (Å²) in [4.78, 5) is 26.5. The zero-order valence-electron chi connectivity index (χ0n) is 13.9. The molecule has 0 unspecified atom stereocenters. The van der Waals surface area contributed by atoms with Gasteiger partial charge in [-0.15, -0.1) is 0 Å². The highest BCUT2D eigenvalue weighted by Gasteiger charge is 2.41. The second-order valence-electron chi connectivity index (χ2n) is 7.43. The lowest BCUT2D eigenvalue weighted by Crippen LogP contribution is -2.35. The van der Waals surface area contributed by atoms with Crippen molar-refractivity contribution in [1.29, 1.82) is 0 Å². The molecular formula is C19H24N2O3. The number of nitrogens with zero attached hydrogens (tertiary/aromatic N) is 1. The van der Waals surface area contributed by atoms with E-state index in [-0.39, 0.29) is 23.1 Å². The van der Waals surface area contributed by atoms with Gasteiger partial charge in [0.2, 0.25) is 5.91 Å². The fourth-order valence-corrected chi connectivity index (χ4v) is 3.79. The molecule has 1 aromatic carbocycles. The first-order valence-corrected chi connectivity index (χ1v) is 8.93. The van der Waals surface area contributed by atoms with Gasteiger partial charge in [-0.1, -0.05) is 0 Å². The zero-order chi connectivity index (χ0) is 16.6. The van der Waals surface area contributed by atoms with Gasteiger partial charge in [0, 0.05) is 43.5 Å². The maximum Gasteiger partial charge on any atom is 0.253 e. The van der Waals surface area contributed by atoms with Gasteiger partial charge in [0.1, 0.15) is 0 Å². The van der Waals surface area contributed by atoms with Crippen molar-refractivity contribution in [2.75, 3.05) is 31.6 Å². The lowest BCUT2D eigenvalue weighted by molar-refractivity contribution is -0.117. The molecule has 0 radical (unpaired) electrons. The Morgan fingerprint density at radius 3 is 2.46 bits per heavy atom. The summed E-state index contributed by atoms with van der Waals surface area (Å²) in [5.41, 5.74) is 1.74. The molecular weight excluding hydrogens is 304 g/mol. The van der Waals surface area contributed by atoms with Gasteiger partial charge >= 0.3 is 0 Å². The first-order chi connectivity index (χ1) is 11.7. The Hall–Kier alpha value is -1.88. The summed E-state index contributed by atoms with van der Waals surface area (Å²) < 4.78 is 5.46. The molecule has 5 nitrogen and oxygen atoms in total. The van der Waals surface area contributed by atoms with Gasteiger partial charge in [-0.3, -0.25) is 9.59 Å². The molecule has 2 aliphatic heterocycles. The largest absolute Gasteiger partial charge is 0.381 e. The SMILES string of the molecule is O=C(Nc1ccc(C(=O)N2CCC3(CCOCC3)C2)cc1)C1CC1. The van der Waals surface area contributed by atoms with Crippen molar-refractivity contribution in [2.24, 2.45) is 11.3 Å². The molecule has 2 amide bonds. The van der Waals surface area contributed by atoms with E-state index in [2.05, 4.69) is 5.32 Å². The molecule has 3 aliphatic rings. The molecule has 1 saturated carbocycles. The molecule has 1 aromatic rings.